The SMILES string of the molecule is CN=C(NCc1ccsc1)NCC1(c2cc(Cl)ccc2OC)CCOCC1. The molecule has 7 heteroatoms. The van der Waals surface area contributed by atoms with Crippen LogP contribution in [0.5, 0.6) is 5.75 Å². The van der Waals surface area contributed by atoms with Gasteiger partial charge in [-0.1, -0.05) is 11.6 Å². The number of aliphatic imine (C=N–C) groups is 1. The molecule has 0 spiro atoms. The van der Waals surface area contributed by atoms with Gasteiger partial charge < -0.3 is 20.1 Å². The van der Waals surface area contributed by atoms with Crippen molar-refractivity contribution >= 4 is 28.9 Å². The summed E-state index contributed by atoms with van der Waals surface area (Å²) < 4.78 is 11.3. The smallest absolute Gasteiger partial charge is 0.191 e. The number of hydrogen-bond donors (Lipinski definition) is 2. The monoisotopic (exact) mass is 407 g/mol. The van der Waals surface area contributed by atoms with Crippen LogP contribution in [0.3, 0.4) is 0 Å². The zero-order chi connectivity index (χ0) is 19.1. The van der Waals surface area contributed by atoms with Crippen LogP contribution in [0.15, 0.2) is 40.0 Å². The van der Waals surface area contributed by atoms with E-state index in [1.165, 1.54) is 5.56 Å². The lowest BCUT2D eigenvalue weighted by Gasteiger charge is -2.39. The highest BCUT2D eigenvalue weighted by molar-refractivity contribution is 7.07. The third kappa shape index (κ3) is 4.94. The van der Waals surface area contributed by atoms with Crippen molar-refractivity contribution in [2.45, 2.75) is 24.8 Å². The van der Waals surface area contributed by atoms with Crippen LogP contribution >= 0.6 is 22.9 Å². The predicted octanol–water partition coefficient (Wildman–Crippen LogP) is 3.82. The quantitative estimate of drug-likeness (QED) is 0.564. The number of methoxy groups -OCH3 is 1. The van der Waals surface area contributed by atoms with Crippen LogP contribution in [0.4, 0.5) is 0 Å². The minimum atomic E-state index is -0.117. The second-order valence-electron chi connectivity index (χ2n) is 6.65. The second-order valence-corrected chi connectivity index (χ2v) is 7.86. The number of ether oxygens (including phenoxy) is 2. The molecule has 0 amide bonds. The standard InChI is InChI=1S/C20H26ClN3O2S/c1-22-19(23-12-15-5-10-27-13-15)24-14-20(6-8-26-9-7-20)17-11-16(21)3-4-18(17)25-2/h3-5,10-11,13H,6-9,12,14H2,1-2H3,(H2,22,23,24). The van der Waals surface area contributed by atoms with E-state index in [0.717, 1.165) is 61.4 Å². The van der Waals surface area contributed by atoms with E-state index in [4.69, 9.17) is 21.1 Å². The van der Waals surface area contributed by atoms with Gasteiger partial charge in [-0.3, -0.25) is 4.99 Å². The van der Waals surface area contributed by atoms with E-state index in [-0.39, 0.29) is 5.41 Å². The Balaban J connectivity index is 1.76. The molecule has 0 atom stereocenters. The predicted molar refractivity (Wildman–Crippen MR) is 112 cm³/mol. The van der Waals surface area contributed by atoms with Gasteiger partial charge in [0.2, 0.25) is 0 Å². The summed E-state index contributed by atoms with van der Waals surface area (Å²) in [5.74, 6) is 1.65. The van der Waals surface area contributed by atoms with Gasteiger partial charge in [-0.05, 0) is 53.4 Å². The van der Waals surface area contributed by atoms with Gasteiger partial charge in [-0.15, -0.1) is 0 Å². The third-order valence-electron chi connectivity index (χ3n) is 5.04. The Morgan fingerprint density at radius 3 is 2.78 bits per heavy atom. The van der Waals surface area contributed by atoms with Crippen LogP contribution in [0.1, 0.15) is 24.0 Å². The van der Waals surface area contributed by atoms with Gasteiger partial charge in [-0.2, -0.15) is 11.3 Å². The maximum Gasteiger partial charge on any atom is 0.191 e. The lowest BCUT2D eigenvalue weighted by Crippen LogP contribution is -2.48. The molecule has 0 bridgehead atoms. The summed E-state index contributed by atoms with van der Waals surface area (Å²) in [6.45, 7) is 2.92. The molecule has 146 valence electrons. The van der Waals surface area contributed by atoms with Gasteiger partial charge in [-0.25, -0.2) is 0 Å². The van der Waals surface area contributed by atoms with Crippen LogP contribution in [0, 0.1) is 0 Å². The highest BCUT2D eigenvalue weighted by Crippen LogP contribution is 2.40. The molecule has 0 radical (unpaired) electrons. The summed E-state index contributed by atoms with van der Waals surface area (Å²) in [5, 5.41) is 11.8. The fourth-order valence-electron chi connectivity index (χ4n) is 3.45. The van der Waals surface area contributed by atoms with Crippen LogP contribution < -0.4 is 15.4 Å². The molecule has 2 heterocycles. The molecule has 0 saturated carbocycles. The van der Waals surface area contributed by atoms with Crippen molar-refractivity contribution in [3.05, 3.63) is 51.2 Å². The third-order valence-corrected chi connectivity index (χ3v) is 6.01. The summed E-state index contributed by atoms with van der Waals surface area (Å²) in [7, 11) is 3.49. The van der Waals surface area contributed by atoms with Crippen molar-refractivity contribution < 1.29 is 9.47 Å². The average Bonchev–Trinajstić information content (AvgIpc) is 3.22. The van der Waals surface area contributed by atoms with E-state index in [2.05, 4.69) is 32.5 Å². The molecule has 1 aromatic heterocycles. The number of nitrogens with zero attached hydrogens (tertiary/aromatic N) is 1. The van der Waals surface area contributed by atoms with Crippen molar-refractivity contribution in [1.29, 1.82) is 0 Å². The van der Waals surface area contributed by atoms with E-state index < -0.39 is 0 Å². The van der Waals surface area contributed by atoms with Crippen molar-refractivity contribution in [3.8, 4) is 5.75 Å². The van der Waals surface area contributed by atoms with Crippen molar-refractivity contribution in [2.75, 3.05) is 33.9 Å². The molecule has 0 unspecified atom stereocenters. The number of benzene rings is 1. The van der Waals surface area contributed by atoms with E-state index in [9.17, 15) is 0 Å². The zero-order valence-corrected chi connectivity index (χ0v) is 17.3. The van der Waals surface area contributed by atoms with Crippen molar-refractivity contribution in [1.82, 2.24) is 10.6 Å². The molecule has 1 aliphatic heterocycles. The number of halogens is 1. The summed E-state index contributed by atoms with van der Waals surface area (Å²) in [5.41, 5.74) is 2.26. The van der Waals surface area contributed by atoms with E-state index in [0.29, 0.717) is 0 Å². The lowest BCUT2D eigenvalue weighted by atomic mass is 9.73. The molecule has 0 aliphatic carbocycles. The molecule has 5 nitrogen and oxygen atoms in total. The molecule has 2 aromatic rings. The highest BCUT2D eigenvalue weighted by atomic mass is 35.5. The molecule has 1 saturated heterocycles. The molecule has 3 rings (SSSR count). The Kier molecular flexibility index (Phi) is 6.99. The average molecular weight is 408 g/mol. The zero-order valence-electron chi connectivity index (χ0n) is 15.8. The second kappa shape index (κ2) is 9.44. The molecular weight excluding hydrogens is 382 g/mol. The van der Waals surface area contributed by atoms with Gasteiger partial charge in [0.15, 0.2) is 5.96 Å². The number of thiophene rings is 1. The minimum absolute atomic E-state index is 0.117. The van der Waals surface area contributed by atoms with Crippen LogP contribution in [0.2, 0.25) is 5.02 Å². The first-order valence-corrected chi connectivity index (χ1v) is 10.4. The minimum Gasteiger partial charge on any atom is -0.496 e. The number of hydrogen-bond acceptors (Lipinski definition) is 4. The first kappa shape index (κ1) is 20.0. The van der Waals surface area contributed by atoms with E-state index >= 15 is 0 Å². The van der Waals surface area contributed by atoms with Gasteiger partial charge in [0.05, 0.1) is 7.11 Å². The van der Waals surface area contributed by atoms with Crippen molar-refractivity contribution in [3.63, 3.8) is 0 Å². The molecular formula is C20H26ClN3O2S. The van der Waals surface area contributed by atoms with Crippen LogP contribution in [-0.4, -0.2) is 39.9 Å². The van der Waals surface area contributed by atoms with Gasteiger partial charge in [0, 0.05) is 49.4 Å². The molecule has 27 heavy (non-hydrogen) atoms. The first-order valence-electron chi connectivity index (χ1n) is 9.04. The Hall–Kier alpha value is -1.76. The maximum atomic E-state index is 6.31. The fourth-order valence-corrected chi connectivity index (χ4v) is 4.29. The Morgan fingerprint density at radius 1 is 1.30 bits per heavy atom. The summed E-state index contributed by atoms with van der Waals surface area (Å²) in [4.78, 5) is 4.37. The Morgan fingerprint density at radius 2 is 2.11 bits per heavy atom. The van der Waals surface area contributed by atoms with Gasteiger partial charge in [0.25, 0.3) is 0 Å². The van der Waals surface area contributed by atoms with E-state index in [1.54, 1.807) is 25.5 Å². The highest BCUT2D eigenvalue weighted by Gasteiger charge is 2.37. The van der Waals surface area contributed by atoms with E-state index in [1.807, 2.05) is 18.2 Å². The fraction of sp³-hybridized carbons (Fsp3) is 0.450. The van der Waals surface area contributed by atoms with Gasteiger partial charge >= 0.3 is 0 Å². The van der Waals surface area contributed by atoms with Crippen LogP contribution in [-0.2, 0) is 16.7 Å². The Labute approximate surface area is 169 Å². The summed E-state index contributed by atoms with van der Waals surface area (Å²) in [6.07, 6.45) is 1.80. The van der Waals surface area contributed by atoms with Crippen LogP contribution in [0.25, 0.3) is 0 Å². The normalized spacial score (nSPS) is 16.8. The maximum absolute atomic E-state index is 6.31. The van der Waals surface area contributed by atoms with Crippen molar-refractivity contribution in [2.24, 2.45) is 4.99 Å². The molecule has 1 aliphatic rings. The lowest BCUT2D eigenvalue weighted by molar-refractivity contribution is 0.0505. The number of rotatable bonds is 6. The first-order chi connectivity index (χ1) is 13.2. The Bertz CT molecular complexity index is 759. The number of nitrogens with one attached hydrogen (secondary N) is 2. The summed E-state index contributed by atoms with van der Waals surface area (Å²) in [6, 6.07) is 7.95. The molecule has 1 aromatic carbocycles. The number of guanidine groups is 1. The topological polar surface area (TPSA) is 54.9 Å². The largest absolute Gasteiger partial charge is 0.496 e. The molecule has 1 fully saturated rings. The molecule has 2 N–H and O–H groups in total. The summed E-state index contributed by atoms with van der Waals surface area (Å²) >= 11 is 8.01. The van der Waals surface area contributed by atoms with Gasteiger partial charge in [0.1, 0.15) is 5.75 Å².